The smallest absolute Gasteiger partial charge is 0.246 e. The van der Waals surface area contributed by atoms with Gasteiger partial charge in [0.15, 0.2) is 5.82 Å². The van der Waals surface area contributed by atoms with E-state index >= 15 is 0 Å². The van der Waals surface area contributed by atoms with E-state index in [0.717, 1.165) is 5.56 Å². The van der Waals surface area contributed by atoms with E-state index in [9.17, 15) is 12.8 Å². The van der Waals surface area contributed by atoms with E-state index in [-0.39, 0.29) is 46.8 Å². The van der Waals surface area contributed by atoms with Crippen molar-refractivity contribution in [1.29, 1.82) is 0 Å². The Morgan fingerprint density at radius 1 is 1.08 bits per heavy atom. The number of sulfonamides is 1. The molecule has 0 aromatic heterocycles. The van der Waals surface area contributed by atoms with E-state index in [4.69, 9.17) is 5.73 Å². The summed E-state index contributed by atoms with van der Waals surface area (Å²) in [7, 11) is -3.92. The van der Waals surface area contributed by atoms with Crippen LogP contribution in [0.4, 0.5) is 4.39 Å². The predicted octanol–water partition coefficient (Wildman–Crippen LogP) is 3.13. The minimum absolute atomic E-state index is 0. The first kappa shape index (κ1) is 19.3. The normalized spacial score (nSPS) is 21.5. The number of benzene rings is 2. The summed E-state index contributed by atoms with van der Waals surface area (Å²) in [6.07, 6.45) is 0. The first-order valence-corrected chi connectivity index (χ1v) is 9.39. The quantitative estimate of drug-likeness (QED) is 0.806. The van der Waals surface area contributed by atoms with E-state index in [1.54, 1.807) is 0 Å². The summed E-state index contributed by atoms with van der Waals surface area (Å²) in [4.78, 5) is -0.326. The summed E-state index contributed by atoms with van der Waals surface area (Å²) in [5, 5.41) is 0. The van der Waals surface area contributed by atoms with Crippen molar-refractivity contribution in [1.82, 2.24) is 4.31 Å². The Morgan fingerprint density at radius 2 is 1.75 bits per heavy atom. The van der Waals surface area contributed by atoms with Gasteiger partial charge in [0, 0.05) is 25.0 Å². The van der Waals surface area contributed by atoms with Crippen molar-refractivity contribution < 1.29 is 12.8 Å². The van der Waals surface area contributed by atoms with Gasteiger partial charge in [0.2, 0.25) is 10.0 Å². The van der Waals surface area contributed by atoms with Gasteiger partial charge < -0.3 is 5.73 Å². The second-order valence-corrected chi connectivity index (χ2v) is 8.32. The van der Waals surface area contributed by atoms with Gasteiger partial charge in [-0.3, -0.25) is 0 Å². The Balaban J connectivity index is 0.00000208. The topological polar surface area (TPSA) is 63.4 Å². The van der Waals surface area contributed by atoms with Crippen LogP contribution >= 0.6 is 28.3 Å². The third-order valence-corrected chi connectivity index (χ3v) is 6.55. The van der Waals surface area contributed by atoms with Crippen LogP contribution in [0.5, 0.6) is 0 Å². The zero-order chi connectivity index (χ0) is 16.6. The molecule has 0 aliphatic carbocycles. The summed E-state index contributed by atoms with van der Waals surface area (Å²) >= 11 is 3.02. The van der Waals surface area contributed by atoms with Crippen molar-refractivity contribution in [2.24, 2.45) is 5.73 Å². The molecule has 1 aliphatic rings. The predicted molar refractivity (Wildman–Crippen MR) is 97.3 cm³/mol. The minimum Gasteiger partial charge on any atom is -0.326 e. The molecular weight excluding hydrogens is 419 g/mol. The fraction of sp³-hybridized carbons (Fsp3) is 0.250. The van der Waals surface area contributed by atoms with Gasteiger partial charge in [0.1, 0.15) is 4.90 Å². The second-order valence-electron chi connectivity index (χ2n) is 5.56. The van der Waals surface area contributed by atoms with Gasteiger partial charge in [-0.25, -0.2) is 12.8 Å². The summed E-state index contributed by atoms with van der Waals surface area (Å²) in [6.45, 7) is 0.424. The largest absolute Gasteiger partial charge is 0.326 e. The molecule has 0 unspecified atom stereocenters. The summed E-state index contributed by atoms with van der Waals surface area (Å²) in [5.74, 6) is -0.870. The first-order valence-electron chi connectivity index (χ1n) is 7.16. The van der Waals surface area contributed by atoms with Crippen LogP contribution < -0.4 is 5.73 Å². The highest BCUT2D eigenvalue weighted by Gasteiger charge is 2.39. The SMILES string of the molecule is Cl.N[C@@H]1CN(S(=O)(=O)c2cccc(Br)c2F)C[C@H]1c1ccccc1. The van der Waals surface area contributed by atoms with Crippen LogP contribution in [0.3, 0.4) is 0 Å². The summed E-state index contributed by atoms with van der Waals surface area (Å²) in [6, 6.07) is 13.5. The van der Waals surface area contributed by atoms with Gasteiger partial charge in [-0.1, -0.05) is 36.4 Å². The molecule has 0 saturated carbocycles. The molecule has 2 aromatic rings. The zero-order valence-corrected chi connectivity index (χ0v) is 15.8. The van der Waals surface area contributed by atoms with Crippen LogP contribution in [0.25, 0.3) is 0 Å². The lowest BCUT2D eigenvalue weighted by Crippen LogP contribution is -2.32. The van der Waals surface area contributed by atoms with Crippen molar-refractivity contribution in [3.8, 4) is 0 Å². The lowest BCUT2D eigenvalue weighted by atomic mass is 9.95. The van der Waals surface area contributed by atoms with E-state index < -0.39 is 15.8 Å². The fourth-order valence-electron chi connectivity index (χ4n) is 2.86. The van der Waals surface area contributed by atoms with Crippen molar-refractivity contribution in [3.05, 3.63) is 64.4 Å². The molecule has 0 radical (unpaired) electrons. The molecule has 1 saturated heterocycles. The Kier molecular flexibility index (Phi) is 6.04. The molecular formula is C16H17BrClFN2O2S. The van der Waals surface area contributed by atoms with E-state index in [1.807, 2.05) is 30.3 Å². The number of hydrogen-bond donors (Lipinski definition) is 1. The first-order chi connectivity index (χ1) is 10.9. The highest BCUT2D eigenvalue weighted by atomic mass is 79.9. The van der Waals surface area contributed by atoms with Gasteiger partial charge >= 0.3 is 0 Å². The van der Waals surface area contributed by atoms with Gasteiger partial charge in [0.05, 0.1) is 4.47 Å². The third-order valence-electron chi connectivity index (χ3n) is 4.09. The third kappa shape index (κ3) is 3.50. The highest BCUT2D eigenvalue weighted by Crippen LogP contribution is 2.32. The molecule has 8 heteroatoms. The van der Waals surface area contributed by atoms with Crippen molar-refractivity contribution in [2.75, 3.05) is 13.1 Å². The van der Waals surface area contributed by atoms with Gasteiger partial charge in [-0.15, -0.1) is 12.4 Å². The Hall–Kier alpha value is -0.990. The van der Waals surface area contributed by atoms with Crippen molar-refractivity contribution >= 4 is 38.4 Å². The second kappa shape index (κ2) is 7.49. The molecule has 130 valence electrons. The Labute approximate surface area is 155 Å². The van der Waals surface area contributed by atoms with Crippen molar-refractivity contribution in [2.45, 2.75) is 16.9 Å². The molecule has 1 fully saturated rings. The molecule has 2 aromatic carbocycles. The molecule has 3 rings (SSSR count). The standard InChI is InChI=1S/C16H16BrFN2O2S.ClH/c17-13-7-4-8-15(16(13)18)23(21,22)20-9-12(14(19)10-20)11-5-2-1-3-6-11;/h1-8,12,14H,9-10,19H2;1H/t12-,14+;/m0./s1. The molecule has 4 nitrogen and oxygen atoms in total. The highest BCUT2D eigenvalue weighted by molar-refractivity contribution is 9.10. The lowest BCUT2D eigenvalue weighted by Gasteiger charge is -2.17. The maximum absolute atomic E-state index is 14.2. The molecule has 0 spiro atoms. The van der Waals surface area contributed by atoms with Gasteiger partial charge in [-0.05, 0) is 33.6 Å². The Morgan fingerprint density at radius 3 is 2.42 bits per heavy atom. The van der Waals surface area contributed by atoms with Crippen molar-refractivity contribution in [3.63, 3.8) is 0 Å². The average molecular weight is 436 g/mol. The van der Waals surface area contributed by atoms with E-state index in [1.165, 1.54) is 22.5 Å². The molecule has 2 N–H and O–H groups in total. The summed E-state index contributed by atoms with van der Waals surface area (Å²) < 4.78 is 41.1. The van der Waals surface area contributed by atoms with Crippen LogP contribution in [-0.2, 0) is 10.0 Å². The maximum atomic E-state index is 14.2. The van der Waals surface area contributed by atoms with Gasteiger partial charge in [0.25, 0.3) is 0 Å². The molecule has 24 heavy (non-hydrogen) atoms. The van der Waals surface area contributed by atoms with Gasteiger partial charge in [-0.2, -0.15) is 4.31 Å². The van der Waals surface area contributed by atoms with E-state index in [0.29, 0.717) is 0 Å². The van der Waals surface area contributed by atoms with Crippen LogP contribution in [0, 0.1) is 5.82 Å². The van der Waals surface area contributed by atoms with Crippen LogP contribution in [-0.4, -0.2) is 31.9 Å². The maximum Gasteiger partial charge on any atom is 0.246 e. The molecule has 2 atom stereocenters. The fourth-order valence-corrected chi connectivity index (χ4v) is 4.95. The van der Waals surface area contributed by atoms with Crippen LogP contribution in [0.1, 0.15) is 11.5 Å². The van der Waals surface area contributed by atoms with Crippen LogP contribution in [0.2, 0.25) is 0 Å². The Bertz CT molecular complexity index is 820. The zero-order valence-electron chi connectivity index (χ0n) is 12.6. The number of halogens is 3. The summed E-state index contributed by atoms with van der Waals surface area (Å²) in [5.41, 5.74) is 7.13. The lowest BCUT2D eigenvalue weighted by molar-refractivity contribution is 0.462. The van der Waals surface area contributed by atoms with E-state index in [2.05, 4.69) is 15.9 Å². The number of rotatable bonds is 3. The monoisotopic (exact) mass is 434 g/mol. The molecule has 0 amide bonds. The molecule has 1 heterocycles. The minimum atomic E-state index is -3.92. The number of hydrogen-bond acceptors (Lipinski definition) is 3. The number of nitrogens with two attached hydrogens (primary N) is 1. The molecule has 0 bridgehead atoms. The number of nitrogens with zero attached hydrogens (tertiary/aromatic N) is 1. The van der Waals surface area contributed by atoms with Crippen LogP contribution in [0.15, 0.2) is 57.9 Å². The molecule has 1 aliphatic heterocycles. The average Bonchev–Trinajstić information content (AvgIpc) is 2.93.